The molecule has 4 heterocycles. The summed E-state index contributed by atoms with van der Waals surface area (Å²) in [5, 5.41) is 13.0. The molecule has 0 saturated carbocycles. The van der Waals surface area contributed by atoms with Crippen LogP contribution in [0.4, 0.5) is 8.78 Å². The molecule has 0 unspecified atom stereocenters. The van der Waals surface area contributed by atoms with E-state index in [4.69, 9.17) is 9.47 Å². The van der Waals surface area contributed by atoms with Gasteiger partial charge in [-0.2, -0.15) is 0 Å². The van der Waals surface area contributed by atoms with E-state index in [0.29, 0.717) is 72.8 Å². The molecule has 8 atom stereocenters. The lowest BCUT2D eigenvalue weighted by molar-refractivity contribution is -0.147. The number of aromatic amines is 2. The predicted molar refractivity (Wildman–Crippen MR) is 245 cm³/mol. The maximum Gasteiger partial charge on any atom is 0.302 e. The smallest absolute Gasteiger partial charge is 0.302 e. The Bertz CT molecular complexity index is 2440. The van der Waals surface area contributed by atoms with Crippen molar-refractivity contribution < 1.29 is 47.0 Å². The quantitative estimate of drug-likeness (QED) is 0.0725. The van der Waals surface area contributed by atoms with Crippen LogP contribution in [0.1, 0.15) is 91.2 Å². The molecule has 2 aromatic heterocycles. The van der Waals surface area contributed by atoms with Gasteiger partial charge in [0.05, 0.1) is 36.6 Å². The standard InChI is InChI=1S/C48H64F2N8O8/c1-9-11-40(56-46(62)26(4)52-8)48(64)57-23-33(65-27(5)59)20-31(57)14-17-37-35-15-12-29(49)18-41(35)53-43(37)44-38(36-16-13-30(50)19-42(36)54-44)22-32-21-34(66-28(6)60)24-58(32)47(63)39(10-2)55-45(61)25(3)51-7/h12-13,15-16,18-19,25-26,31-34,39-40,51-54H,9-11,14,17,20-24H2,1-8H3,(H,55,61)(H,56,62)/t25-,26-,31+,32-,33-,34-,39-,40-/m0/s1. The molecular weight excluding hydrogens is 855 g/mol. The number of amides is 4. The highest BCUT2D eigenvalue weighted by molar-refractivity contribution is 5.96. The second-order valence-electron chi connectivity index (χ2n) is 17.6. The number of nitrogens with one attached hydrogen (secondary N) is 6. The van der Waals surface area contributed by atoms with Crippen molar-refractivity contribution in [3.05, 3.63) is 59.2 Å². The number of halogens is 2. The summed E-state index contributed by atoms with van der Waals surface area (Å²) in [6.07, 6.45) is 1.79. The van der Waals surface area contributed by atoms with Gasteiger partial charge in [0.1, 0.15) is 35.9 Å². The molecule has 0 radical (unpaired) electrons. The van der Waals surface area contributed by atoms with E-state index in [9.17, 15) is 37.5 Å². The van der Waals surface area contributed by atoms with Crippen molar-refractivity contribution in [2.45, 2.75) is 141 Å². The molecule has 6 rings (SSSR count). The molecule has 2 aliphatic heterocycles. The van der Waals surface area contributed by atoms with E-state index in [-0.39, 0.29) is 43.1 Å². The highest BCUT2D eigenvalue weighted by Gasteiger charge is 2.42. The van der Waals surface area contributed by atoms with Gasteiger partial charge in [0.25, 0.3) is 0 Å². The molecule has 0 aliphatic carbocycles. The molecule has 2 aromatic carbocycles. The highest BCUT2D eigenvalue weighted by atomic mass is 19.1. The third-order valence-corrected chi connectivity index (χ3v) is 13.0. The highest BCUT2D eigenvalue weighted by Crippen LogP contribution is 2.40. The maximum absolute atomic E-state index is 15.0. The van der Waals surface area contributed by atoms with Gasteiger partial charge in [-0.05, 0) is 108 Å². The zero-order valence-corrected chi connectivity index (χ0v) is 39.1. The van der Waals surface area contributed by atoms with E-state index < -0.39 is 72.0 Å². The van der Waals surface area contributed by atoms with Crippen molar-refractivity contribution in [3.8, 4) is 11.4 Å². The van der Waals surface area contributed by atoms with Crippen LogP contribution in [0.3, 0.4) is 0 Å². The number of likely N-dealkylation sites (N-methyl/N-ethyl adjacent to an activating group) is 2. The van der Waals surface area contributed by atoms with Gasteiger partial charge in [-0.3, -0.25) is 28.8 Å². The summed E-state index contributed by atoms with van der Waals surface area (Å²) in [5.74, 6) is -3.17. The Morgan fingerprint density at radius 3 is 1.68 bits per heavy atom. The van der Waals surface area contributed by atoms with E-state index in [2.05, 4.69) is 31.2 Å². The third kappa shape index (κ3) is 11.2. The normalized spacial score (nSPS) is 20.3. The van der Waals surface area contributed by atoms with E-state index in [1.165, 1.54) is 38.1 Å². The Morgan fingerprint density at radius 2 is 1.18 bits per heavy atom. The number of ether oxygens (including phenoxy) is 2. The summed E-state index contributed by atoms with van der Waals surface area (Å²) in [4.78, 5) is 89.3. The molecule has 2 fully saturated rings. The van der Waals surface area contributed by atoms with Gasteiger partial charge in [0.15, 0.2) is 0 Å². The van der Waals surface area contributed by atoms with E-state index in [0.717, 1.165) is 16.5 Å². The average Bonchev–Trinajstić information content (AvgIpc) is 4.05. The first-order valence-corrected chi connectivity index (χ1v) is 23.0. The Labute approximate surface area is 383 Å². The van der Waals surface area contributed by atoms with Gasteiger partial charge in [0, 0.05) is 60.6 Å². The fraction of sp³-hybridized carbons (Fsp3) is 0.542. The number of fused-ring (bicyclic) bond motifs is 2. The number of benzene rings is 2. The fourth-order valence-electron chi connectivity index (χ4n) is 9.44. The topological polar surface area (TPSA) is 207 Å². The summed E-state index contributed by atoms with van der Waals surface area (Å²) in [5.41, 5.74) is 3.67. The number of hydrogen-bond donors (Lipinski definition) is 6. The Hall–Kier alpha value is -5.88. The number of aromatic nitrogens is 2. The minimum atomic E-state index is -0.855. The second kappa shape index (κ2) is 21.6. The van der Waals surface area contributed by atoms with Crippen LogP contribution in [-0.4, -0.2) is 131 Å². The minimum Gasteiger partial charge on any atom is -0.461 e. The molecule has 6 N–H and O–H groups in total. The molecule has 4 amide bonds. The van der Waals surface area contributed by atoms with Gasteiger partial charge in [0.2, 0.25) is 23.6 Å². The molecule has 18 heteroatoms. The molecule has 2 saturated heterocycles. The van der Waals surface area contributed by atoms with Crippen LogP contribution in [0.5, 0.6) is 0 Å². The Balaban J connectivity index is 1.40. The molecule has 0 bridgehead atoms. The summed E-state index contributed by atoms with van der Waals surface area (Å²) in [6.45, 7) is 10.0. The number of carbonyl (C=O) groups excluding carboxylic acids is 6. The summed E-state index contributed by atoms with van der Waals surface area (Å²) in [6, 6.07) is 5.19. The number of aryl methyl sites for hydroxylation is 1. The molecule has 2 aliphatic rings. The van der Waals surface area contributed by atoms with Crippen LogP contribution in [0.15, 0.2) is 36.4 Å². The molecule has 0 spiro atoms. The summed E-state index contributed by atoms with van der Waals surface area (Å²) < 4.78 is 41.2. The van der Waals surface area contributed by atoms with Gasteiger partial charge in [-0.1, -0.05) is 20.3 Å². The number of rotatable bonds is 19. The van der Waals surface area contributed by atoms with Crippen molar-refractivity contribution >= 4 is 57.4 Å². The van der Waals surface area contributed by atoms with Crippen molar-refractivity contribution in [1.29, 1.82) is 0 Å². The number of nitrogens with zero attached hydrogens (tertiary/aromatic N) is 2. The van der Waals surface area contributed by atoms with Crippen LogP contribution in [0, 0.1) is 11.6 Å². The molecule has 16 nitrogen and oxygen atoms in total. The Kier molecular flexibility index (Phi) is 16.2. The third-order valence-electron chi connectivity index (χ3n) is 13.0. The van der Waals surface area contributed by atoms with Crippen molar-refractivity contribution in [2.24, 2.45) is 0 Å². The largest absolute Gasteiger partial charge is 0.461 e. The summed E-state index contributed by atoms with van der Waals surface area (Å²) in [7, 11) is 3.31. The number of likely N-dealkylation sites (tertiary alicyclic amines) is 2. The zero-order chi connectivity index (χ0) is 48.0. The lowest BCUT2D eigenvalue weighted by atomic mass is 9.95. The van der Waals surface area contributed by atoms with Gasteiger partial charge in [-0.15, -0.1) is 0 Å². The average molecular weight is 919 g/mol. The number of H-pyrrole nitrogens is 2. The van der Waals surface area contributed by atoms with E-state index in [1.54, 1.807) is 56.8 Å². The van der Waals surface area contributed by atoms with E-state index >= 15 is 0 Å². The fourth-order valence-corrected chi connectivity index (χ4v) is 9.44. The number of hydrogen-bond acceptors (Lipinski definition) is 10. The molecule has 4 aromatic rings. The maximum atomic E-state index is 15.0. The lowest BCUT2D eigenvalue weighted by Gasteiger charge is -2.30. The van der Waals surface area contributed by atoms with Crippen molar-refractivity contribution in [1.82, 2.24) is 41.0 Å². The lowest BCUT2D eigenvalue weighted by Crippen LogP contribution is -2.53. The molecular formula is C48H64F2N8O8. The first-order valence-electron chi connectivity index (χ1n) is 23.0. The van der Waals surface area contributed by atoms with Crippen LogP contribution in [0.25, 0.3) is 33.2 Å². The van der Waals surface area contributed by atoms with Crippen LogP contribution >= 0.6 is 0 Å². The van der Waals surface area contributed by atoms with Gasteiger partial charge in [-0.25, -0.2) is 8.78 Å². The minimum absolute atomic E-state index is 0.0997. The zero-order valence-electron chi connectivity index (χ0n) is 39.1. The molecule has 66 heavy (non-hydrogen) atoms. The van der Waals surface area contributed by atoms with Crippen LogP contribution < -0.4 is 21.3 Å². The molecule has 358 valence electrons. The first kappa shape index (κ1) is 49.6. The van der Waals surface area contributed by atoms with E-state index in [1.807, 2.05) is 6.92 Å². The van der Waals surface area contributed by atoms with Gasteiger partial charge < -0.3 is 50.5 Å². The summed E-state index contributed by atoms with van der Waals surface area (Å²) >= 11 is 0. The number of esters is 2. The van der Waals surface area contributed by atoms with Crippen molar-refractivity contribution in [2.75, 3.05) is 27.2 Å². The van der Waals surface area contributed by atoms with Crippen LogP contribution in [0.2, 0.25) is 0 Å². The predicted octanol–water partition coefficient (Wildman–Crippen LogP) is 4.53. The SMILES string of the molecule is CCC[C@H](NC(=O)[C@H](C)NC)C(=O)N1C[C@@H](OC(C)=O)C[C@H]1CCc1c(-c2[nH]c3cc(F)ccc3c2C[C@@H]2C[C@H](OC(C)=O)CN2C(=O)[C@H](CC)NC(=O)[C@H](C)NC)[nH]c2cc(F)ccc12. The van der Waals surface area contributed by atoms with Crippen LogP contribution in [-0.2, 0) is 51.1 Å². The number of carbonyl (C=O) groups is 6. The monoisotopic (exact) mass is 918 g/mol. The Morgan fingerprint density at radius 1 is 0.712 bits per heavy atom. The van der Waals surface area contributed by atoms with Gasteiger partial charge >= 0.3 is 11.9 Å². The second-order valence-corrected chi connectivity index (χ2v) is 17.6. The first-order chi connectivity index (χ1) is 31.5. The van der Waals surface area contributed by atoms with Crippen molar-refractivity contribution in [3.63, 3.8) is 0 Å².